The first kappa shape index (κ1) is 35.5. The second-order valence-electron chi connectivity index (χ2n) is 15.9. The predicted molar refractivity (Wildman–Crippen MR) is 255 cm³/mol. The van der Waals surface area contributed by atoms with Gasteiger partial charge in [0.25, 0.3) is 0 Å². The monoisotopic (exact) mass is 806 g/mol. The lowest BCUT2D eigenvalue weighted by Gasteiger charge is -2.35. The Morgan fingerprint density at radius 2 is 0.935 bits per heavy atom. The maximum absolute atomic E-state index is 11.1. The largest absolute Gasteiger partial charge is 0.456 e. The quantitative estimate of drug-likeness (QED) is 0.124. The Morgan fingerprint density at radius 3 is 1.61 bits per heavy atom. The highest BCUT2D eigenvalue weighted by Gasteiger charge is 2.42. The Bertz CT molecular complexity index is 3790. The van der Waals surface area contributed by atoms with Crippen molar-refractivity contribution in [3.05, 3.63) is 217 Å². The third-order valence-corrected chi connectivity index (χ3v) is 17.5. The van der Waals surface area contributed by atoms with E-state index in [0.717, 1.165) is 76.7 Å². The van der Waals surface area contributed by atoms with Crippen molar-refractivity contribution in [1.29, 1.82) is 10.5 Å². The van der Waals surface area contributed by atoms with Gasteiger partial charge in [-0.25, -0.2) is 0 Å². The lowest BCUT2D eigenvalue weighted by Crippen LogP contribution is -2.74. The molecule has 0 saturated heterocycles. The van der Waals surface area contributed by atoms with Gasteiger partial charge in [0, 0.05) is 38.0 Å². The van der Waals surface area contributed by atoms with E-state index in [9.17, 15) is 10.5 Å². The van der Waals surface area contributed by atoms with Crippen LogP contribution in [0.5, 0.6) is 0 Å². The lowest BCUT2D eigenvalue weighted by atomic mass is 10.1. The van der Waals surface area contributed by atoms with Gasteiger partial charge >= 0.3 is 0 Å². The third kappa shape index (κ3) is 5.12. The molecular weight excluding hydrogens is 773 g/mol. The Labute approximate surface area is 357 Å². The Morgan fingerprint density at radius 1 is 0.371 bits per heavy atom. The zero-order valence-electron chi connectivity index (χ0n) is 33.3. The first-order valence-corrected chi connectivity index (χ1v) is 22.7. The second kappa shape index (κ2) is 13.8. The van der Waals surface area contributed by atoms with Crippen LogP contribution < -0.4 is 20.7 Å². The van der Waals surface area contributed by atoms with Crippen molar-refractivity contribution in [2.45, 2.75) is 0 Å². The molecule has 0 atom stereocenters. The molecule has 288 valence electrons. The second-order valence-corrected chi connectivity index (χ2v) is 19.7. The molecule has 9 aromatic carbocycles. The summed E-state index contributed by atoms with van der Waals surface area (Å²) in [6, 6.07) is 77.5. The molecule has 0 unspecified atom stereocenters. The summed E-state index contributed by atoms with van der Waals surface area (Å²) in [7, 11) is -3.07. The van der Waals surface area contributed by atoms with E-state index in [4.69, 9.17) is 4.42 Å². The van der Waals surface area contributed by atoms with Crippen LogP contribution in [0.25, 0.3) is 76.9 Å². The normalized spacial score (nSPS) is 11.8. The number of para-hydroxylation sites is 3. The summed E-state index contributed by atoms with van der Waals surface area (Å²) in [5.74, 6) is 0. The maximum Gasteiger partial charge on any atom is 0.179 e. The predicted octanol–water partition coefficient (Wildman–Crippen LogP) is 10.9. The average Bonchev–Trinajstić information content (AvgIpc) is 3.98. The summed E-state index contributed by atoms with van der Waals surface area (Å²) in [5.41, 5.74) is 9.00. The molecule has 5 nitrogen and oxygen atoms in total. The molecule has 12 rings (SSSR count). The number of benzene rings is 9. The first-order valence-electron chi connectivity index (χ1n) is 20.7. The molecule has 3 heterocycles. The maximum atomic E-state index is 11.1. The molecule has 0 spiro atoms. The standard InChI is InChI=1S/C56H34N4OSi/c57-35-37-23-29-53-47(31-37)44-17-8-11-21-52(44)60(53)50-30-28-43(32-38(50)36-58)62(40-13-3-1-4-14-40,41-15-5-2-6-16-41)42-26-24-39(25-27-42)59-51-20-10-7-18-45(51)48-34-56-49(33-54(48)59)46-19-9-12-22-55(46)61-56/h1-34H. The number of nitriles is 2. The topological polar surface area (TPSA) is 70.6 Å². The van der Waals surface area contributed by atoms with Crippen molar-refractivity contribution in [3.8, 4) is 23.5 Å². The molecule has 0 bridgehead atoms. The van der Waals surface area contributed by atoms with Crippen molar-refractivity contribution in [3.63, 3.8) is 0 Å². The van der Waals surface area contributed by atoms with Crippen LogP contribution in [-0.2, 0) is 0 Å². The van der Waals surface area contributed by atoms with E-state index in [1.165, 1.54) is 20.9 Å². The number of hydrogen-bond acceptors (Lipinski definition) is 3. The highest BCUT2D eigenvalue weighted by molar-refractivity contribution is 7.19. The number of hydrogen-bond donors (Lipinski definition) is 0. The summed E-state index contributed by atoms with van der Waals surface area (Å²) in [4.78, 5) is 0. The minimum atomic E-state index is -3.07. The summed E-state index contributed by atoms with van der Waals surface area (Å²) in [6.07, 6.45) is 0. The van der Waals surface area contributed by atoms with Crippen LogP contribution in [0, 0.1) is 22.7 Å². The first-order chi connectivity index (χ1) is 30.6. The van der Waals surface area contributed by atoms with Crippen molar-refractivity contribution < 1.29 is 4.42 Å². The van der Waals surface area contributed by atoms with E-state index < -0.39 is 8.07 Å². The van der Waals surface area contributed by atoms with Gasteiger partial charge in [-0.3, -0.25) is 0 Å². The zero-order valence-corrected chi connectivity index (χ0v) is 34.3. The van der Waals surface area contributed by atoms with Gasteiger partial charge in [-0.05, 0) is 93.5 Å². The molecule has 3 aromatic heterocycles. The van der Waals surface area contributed by atoms with Crippen molar-refractivity contribution in [1.82, 2.24) is 9.13 Å². The van der Waals surface area contributed by atoms with E-state index in [2.05, 4.69) is 185 Å². The molecule has 0 radical (unpaired) electrons. The fourth-order valence-electron chi connectivity index (χ4n) is 10.1. The van der Waals surface area contributed by atoms with Crippen LogP contribution in [0.4, 0.5) is 0 Å². The molecule has 0 fully saturated rings. The van der Waals surface area contributed by atoms with E-state index in [1.54, 1.807) is 0 Å². The highest BCUT2D eigenvalue weighted by Crippen LogP contribution is 2.38. The molecule has 0 aliphatic heterocycles. The van der Waals surface area contributed by atoms with E-state index in [-0.39, 0.29) is 0 Å². The molecule has 6 heteroatoms. The lowest BCUT2D eigenvalue weighted by molar-refractivity contribution is 0.669. The smallest absolute Gasteiger partial charge is 0.179 e. The molecular formula is C56H34N4OSi. The summed E-state index contributed by atoms with van der Waals surface area (Å²) < 4.78 is 10.9. The van der Waals surface area contributed by atoms with E-state index in [1.807, 2.05) is 42.5 Å². The van der Waals surface area contributed by atoms with Crippen molar-refractivity contribution >= 4 is 94.4 Å². The summed E-state index contributed by atoms with van der Waals surface area (Å²) in [5, 5.41) is 32.1. The van der Waals surface area contributed by atoms with Crippen LogP contribution in [0.3, 0.4) is 0 Å². The van der Waals surface area contributed by atoms with Gasteiger partial charge in [0.1, 0.15) is 17.2 Å². The number of rotatable bonds is 6. The van der Waals surface area contributed by atoms with Gasteiger partial charge in [0.2, 0.25) is 0 Å². The van der Waals surface area contributed by atoms with Gasteiger partial charge in [-0.2, -0.15) is 10.5 Å². The fourth-order valence-corrected chi connectivity index (χ4v) is 14.8. The average molecular weight is 807 g/mol. The van der Waals surface area contributed by atoms with Crippen molar-refractivity contribution in [2.75, 3.05) is 0 Å². The van der Waals surface area contributed by atoms with Crippen LogP contribution in [0.15, 0.2) is 211 Å². The highest BCUT2D eigenvalue weighted by atomic mass is 28.3. The number of nitrogens with zero attached hydrogens (tertiary/aromatic N) is 4. The summed E-state index contributed by atoms with van der Waals surface area (Å²) in [6.45, 7) is 0. The van der Waals surface area contributed by atoms with Crippen LogP contribution in [0.1, 0.15) is 11.1 Å². The number of fused-ring (bicyclic) bond motifs is 9. The minimum Gasteiger partial charge on any atom is -0.456 e. The number of aromatic nitrogens is 2. The van der Waals surface area contributed by atoms with Crippen LogP contribution >= 0.6 is 0 Å². The molecule has 0 aliphatic carbocycles. The SMILES string of the molecule is N#Cc1ccc2c(c1)c1ccccc1n2-c1ccc([Si](c2ccccc2)(c2ccccc2)c2ccc(-n3c4ccccc4c4cc5oc6ccccc6c5cc43)cc2)cc1C#N. The van der Waals surface area contributed by atoms with E-state index in [0.29, 0.717) is 11.1 Å². The van der Waals surface area contributed by atoms with E-state index >= 15 is 0 Å². The van der Waals surface area contributed by atoms with Gasteiger partial charge in [-0.15, -0.1) is 0 Å². The Kier molecular flexibility index (Phi) is 7.92. The third-order valence-electron chi connectivity index (χ3n) is 12.7. The van der Waals surface area contributed by atoms with Crippen molar-refractivity contribution in [2.24, 2.45) is 0 Å². The van der Waals surface area contributed by atoms with Crippen LogP contribution in [0.2, 0.25) is 0 Å². The molecule has 0 amide bonds. The molecule has 0 saturated carbocycles. The van der Waals surface area contributed by atoms with Gasteiger partial charge in [0.05, 0.1) is 45.0 Å². The van der Waals surface area contributed by atoms with Gasteiger partial charge in [-0.1, -0.05) is 133 Å². The molecule has 0 aliphatic rings. The molecule has 0 N–H and O–H groups in total. The van der Waals surface area contributed by atoms with Crippen LogP contribution in [-0.4, -0.2) is 17.2 Å². The molecule has 12 aromatic rings. The molecule has 62 heavy (non-hydrogen) atoms. The van der Waals surface area contributed by atoms with Gasteiger partial charge < -0.3 is 13.6 Å². The fraction of sp³-hybridized carbons (Fsp3) is 0. The summed E-state index contributed by atoms with van der Waals surface area (Å²) >= 11 is 0. The minimum absolute atomic E-state index is 0.582. The zero-order chi connectivity index (χ0) is 41.4. The Hall–Kier alpha value is -8.42. The number of furan rings is 1. The van der Waals surface area contributed by atoms with Gasteiger partial charge in [0.15, 0.2) is 8.07 Å². The Balaban J connectivity index is 1.09.